The summed E-state index contributed by atoms with van der Waals surface area (Å²) in [6.07, 6.45) is -0.188. The summed E-state index contributed by atoms with van der Waals surface area (Å²) >= 11 is 0. The molecule has 3 heterocycles. The van der Waals surface area contributed by atoms with Gasteiger partial charge in [-0.15, -0.1) is 0 Å². The van der Waals surface area contributed by atoms with E-state index < -0.39 is 11.7 Å². The van der Waals surface area contributed by atoms with E-state index in [1.54, 1.807) is 23.2 Å². The molecule has 1 amide bonds. The van der Waals surface area contributed by atoms with Gasteiger partial charge in [0.05, 0.1) is 17.7 Å². The molecule has 1 aliphatic heterocycles. The number of hydrogen-bond acceptors (Lipinski definition) is 4. The Morgan fingerprint density at radius 2 is 2.12 bits per heavy atom. The number of halogens is 3. The Kier molecular flexibility index (Phi) is 4.37. The molecule has 126 valence electrons. The van der Waals surface area contributed by atoms with Gasteiger partial charge in [0.2, 0.25) is 5.88 Å². The van der Waals surface area contributed by atoms with Crippen LogP contribution < -0.4 is 4.74 Å². The first-order valence-electron chi connectivity index (χ1n) is 7.33. The number of hydrogen-bond donors (Lipinski definition) is 0. The predicted molar refractivity (Wildman–Crippen MR) is 78.4 cm³/mol. The molecule has 5 nitrogen and oxygen atoms in total. The minimum atomic E-state index is -4.45. The molecule has 24 heavy (non-hydrogen) atoms. The lowest BCUT2D eigenvalue weighted by Gasteiger charge is -2.17. The Hall–Kier alpha value is -2.64. The van der Waals surface area contributed by atoms with Crippen molar-refractivity contribution in [3.05, 3.63) is 54.0 Å². The maximum absolute atomic E-state index is 12.7. The summed E-state index contributed by atoms with van der Waals surface area (Å²) < 4.78 is 43.6. The molecule has 1 unspecified atom stereocenters. The Labute approximate surface area is 136 Å². The smallest absolute Gasteiger partial charge is 0.416 e. The molecule has 1 aliphatic rings. The van der Waals surface area contributed by atoms with Gasteiger partial charge in [-0.05, 0) is 18.2 Å². The summed E-state index contributed by atoms with van der Waals surface area (Å²) in [5, 5.41) is 0. The number of rotatable bonds is 3. The van der Waals surface area contributed by atoms with Crippen LogP contribution in [-0.2, 0) is 6.18 Å². The van der Waals surface area contributed by atoms with Crippen molar-refractivity contribution in [2.24, 2.45) is 0 Å². The Balaban J connectivity index is 1.64. The number of ether oxygens (including phenoxy) is 1. The fraction of sp³-hybridized carbons (Fsp3) is 0.312. The van der Waals surface area contributed by atoms with Crippen LogP contribution in [0.2, 0.25) is 0 Å². The average Bonchev–Trinajstić information content (AvgIpc) is 3.03. The summed E-state index contributed by atoms with van der Waals surface area (Å²) in [6, 6.07) is 5.09. The van der Waals surface area contributed by atoms with Crippen molar-refractivity contribution in [3.63, 3.8) is 0 Å². The highest BCUT2D eigenvalue weighted by Crippen LogP contribution is 2.31. The van der Waals surface area contributed by atoms with Gasteiger partial charge in [0, 0.05) is 37.6 Å². The highest BCUT2D eigenvalue weighted by molar-refractivity contribution is 5.94. The van der Waals surface area contributed by atoms with E-state index in [4.69, 9.17) is 4.74 Å². The molecule has 0 radical (unpaired) electrons. The zero-order chi connectivity index (χ0) is 17.2. The van der Waals surface area contributed by atoms with Gasteiger partial charge in [-0.1, -0.05) is 0 Å². The number of alkyl halides is 3. The maximum Gasteiger partial charge on any atom is 0.416 e. The molecule has 2 aromatic rings. The third-order valence-corrected chi connectivity index (χ3v) is 3.69. The molecule has 3 rings (SSSR count). The van der Waals surface area contributed by atoms with Crippen molar-refractivity contribution >= 4 is 5.91 Å². The van der Waals surface area contributed by atoms with E-state index in [2.05, 4.69) is 9.97 Å². The van der Waals surface area contributed by atoms with Crippen molar-refractivity contribution < 1.29 is 22.7 Å². The minimum absolute atomic E-state index is 0.0921. The van der Waals surface area contributed by atoms with Gasteiger partial charge in [-0.3, -0.25) is 9.78 Å². The second-order valence-electron chi connectivity index (χ2n) is 5.40. The lowest BCUT2D eigenvalue weighted by Crippen LogP contribution is -2.31. The number of carbonyl (C=O) groups excluding carboxylic acids is 1. The van der Waals surface area contributed by atoms with Crippen LogP contribution >= 0.6 is 0 Å². The van der Waals surface area contributed by atoms with Gasteiger partial charge in [-0.25, -0.2) is 4.98 Å². The summed E-state index contributed by atoms with van der Waals surface area (Å²) in [7, 11) is 0. The van der Waals surface area contributed by atoms with Gasteiger partial charge >= 0.3 is 6.18 Å². The van der Waals surface area contributed by atoms with Crippen molar-refractivity contribution in [3.8, 4) is 5.88 Å². The second-order valence-corrected chi connectivity index (χ2v) is 5.40. The summed E-state index contributed by atoms with van der Waals surface area (Å²) in [5.41, 5.74) is -0.343. The quantitative estimate of drug-likeness (QED) is 0.864. The number of carbonyl (C=O) groups is 1. The Morgan fingerprint density at radius 1 is 1.29 bits per heavy atom. The van der Waals surface area contributed by atoms with Crippen LogP contribution in [0.1, 0.15) is 22.3 Å². The first-order valence-corrected chi connectivity index (χ1v) is 7.33. The summed E-state index contributed by atoms with van der Waals surface area (Å²) in [4.78, 5) is 21.6. The molecule has 0 aliphatic carbocycles. The first kappa shape index (κ1) is 16.2. The van der Waals surface area contributed by atoms with E-state index in [-0.39, 0.29) is 17.9 Å². The van der Waals surface area contributed by atoms with Gasteiger partial charge in [-0.2, -0.15) is 13.2 Å². The number of likely N-dealkylation sites (tertiary alicyclic amines) is 1. The van der Waals surface area contributed by atoms with Crippen LogP contribution in [0.3, 0.4) is 0 Å². The van der Waals surface area contributed by atoms with Gasteiger partial charge in [0.1, 0.15) is 6.10 Å². The Morgan fingerprint density at radius 3 is 2.83 bits per heavy atom. The number of amides is 1. The molecular weight excluding hydrogens is 323 g/mol. The van der Waals surface area contributed by atoms with E-state index in [9.17, 15) is 18.0 Å². The molecule has 1 saturated heterocycles. The normalized spacial score (nSPS) is 17.8. The van der Waals surface area contributed by atoms with Crippen LogP contribution in [0.25, 0.3) is 0 Å². The van der Waals surface area contributed by atoms with Gasteiger partial charge in [0.15, 0.2) is 0 Å². The molecule has 1 atom stereocenters. The molecule has 0 bridgehead atoms. The van der Waals surface area contributed by atoms with Crippen LogP contribution in [0, 0.1) is 0 Å². The minimum Gasteiger partial charge on any atom is -0.472 e. The molecule has 1 fully saturated rings. The molecule has 0 spiro atoms. The SMILES string of the molecule is O=C(c1cccnc1)N1CCC(Oc2cc(C(F)(F)F)ccn2)C1. The van der Waals surface area contributed by atoms with Crippen molar-refractivity contribution in [1.29, 1.82) is 0 Å². The summed E-state index contributed by atoms with van der Waals surface area (Å²) in [6.45, 7) is 0.767. The average molecular weight is 337 g/mol. The van der Waals surface area contributed by atoms with Crippen molar-refractivity contribution in [2.45, 2.75) is 18.7 Å². The van der Waals surface area contributed by atoms with Crippen LogP contribution in [0.4, 0.5) is 13.2 Å². The number of nitrogens with zero attached hydrogens (tertiary/aromatic N) is 3. The van der Waals surface area contributed by atoms with Gasteiger partial charge < -0.3 is 9.64 Å². The topological polar surface area (TPSA) is 55.3 Å². The monoisotopic (exact) mass is 337 g/mol. The highest BCUT2D eigenvalue weighted by Gasteiger charge is 2.32. The van der Waals surface area contributed by atoms with Crippen molar-refractivity contribution in [2.75, 3.05) is 13.1 Å². The van der Waals surface area contributed by atoms with E-state index in [0.717, 1.165) is 18.3 Å². The molecule has 0 N–H and O–H groups in total. The molecule has 0 aromatic carbocycles. The molecule has 0 saturated carbocycles. The van der Waals surface area contributed by atoms with E-state index in [0.29, 0.717) is 25.1 Å². The van der Waals surface area contributed by atoms with Crippen molar-refractivity contribution in [1.82, 2.24) is 14.9 Å². The first-order chi connectivity index (χ1) is 11.4. The van der Waals surface area contributed by atoms with Gasteiger partial charge in [0.25, 0.3) is 5.91 Å². The largest absolute Gasteiger partial charge is 0.472 e. The van der Waals surface area contributed by atoms with Crippen LogP contribution in [0.5, 0.6) is 5.88 Å². The Bertz CT molecular complexity index is 722. The highest BCUT2D eigenvalue weighted by atomic mass is 19.4. The molecule has 8 heteroatoms. The maximum atomic E-state index is 12.7. The van der Waals surface area contributed by atoms with E-state index in [1.807, 2.05) is 0 Å². The number of aromatic nitrogens is 2. The lowest BCUT2D eigenvalue weighted by atomic mass is 10.2. The van der Waals surface area contributed by atoms with E-state index >= 15 is 0 Å². The van der Waals surface area contributed by atoms with Crippen LogP contribution in [-0.4, -0.2) is 40.0 Å². The third kappa shape index (κ3) is 3.64. The predicted octanol–water partition coefficient (Wildman–Crippen LogP) is 2.79. The van der Waals surface area contributed by atoms with Crippen LogP contribution in [0.15, 0.2) is 42.9 Å². The zero-order valence-electron chi connectivity index (χ0n) is 12.5. The van der Waals surface area contributed by atoms with E-state index in [1.165, 1.54) is 6.20 Å². The number of pyridine rings is 2. The molecule has 2 aromatic heterocycles. The standard InChI is InChI=1S/C16H14F3N3O2/c17-16(18,19)12-3-6-21-14(8-12)24-13-4-7-22(10-13)15(23)11-2-1-5-20-9-11/h1-3,5-6,8-9,13H,4,7,10H2. The third-order valence-electron chi connectivity index (χ3n) is 3.69. The fourth-order valence-electron chi connectivity index (χ4n) is 2.50. The fourth-order valence-corrected chi connectivity index (χ4v) is 2.50. The zero-order valence-corrected chi connectivity index (χ0v) is 12.5. The summed E-state index contributed by atoms with van der Waals surface area (Å²) in [5.74, 6) is -0.267. The molecular formula is C16H14F3N3O2. The second kappa shape index (κ2) is 6.46. The lowest BCUT2D eigenvalue weighted by molar-refractivity contribution is -0.137.